The van der Waals surface area contributed by atoms with Gasteiger partial charge < -0.3 is 15.4 Å². The number of aliphatic hydroxyl groups excluding tert-OH is 1. The highest BCUT2D eigenvalue weighted by Crippen LogP contribution is 2.32. The van der Waals surface area contributed by atoms with Crippen LogP contribution in [0.1, 0.15) is 5.56 Å². The fourth-order valence-corrected chi connectivity index (χ4v) is 3.22. The molecule has 0 radical (unpaired) electrons. The summed E-state index contributed by atoms with van der Waals surface area (Å²) in [6, 6.07) is 10.0. The fourth-order valence-electron chi connectivity index (χ4n) is 2.21. The average molecular weight is 300 g/mol. The van der Waals surface area contributed by atoms with Crippen molar-refractivity contribution in [3.8, 4) is 0 Å². The van der Waals surface area contributed by atoms with E-state index >= 15 is 0 Å². The molecule has 1 aromatic carbocycles. The van der Waals surface area contributed by atoms with Crippen LogP contribution in [0.4, 0.5) is 5.82 Å². The number of rotatable bonds is 4. The number of pyridine rings is 1. The maximum absolute atomic E-state index is 9.31. The first-order valence-electron chi connectivity index (χ1n) is 6.65. The summed E-state index contributed by atoms with van der Waals surface area (Å²) in [5, 5.41) is 10.1. The van der Waals surface area contributed by atoms with Crippen LogP contribution >= 0.6 is 11.8 Å². The molecule has 21 heavy (non-hydrogen) atoms. The van der Waals surface area contributed by atoms with Gasteiger partial charge in [-0.3, -0.25) is 0 Å². The number of fused-ring (bicyclic) bond motifs is 1. The predicted molar refractivity (Wildman–Crippen MR) is 84.3 cm³/mol. The van der Waals surface area contributed by atoms with E-state index in [1.54, 1.807) is 18.0 Å². The predicted octanol–water partition coefficient (Wildman–Crippen LogP) is 2.47. The Kier molecular flexibility index (Phi) is 3.81. The molecule has 0 amide bonds. The molecule has 5 nitrogen and oxygen atoms in total. The highest BCUT2D eigenvalue weighted by molar-refractivity contribution is 7.99. The molecule has 2 heterocycles. The molecule has 3 rings (SSSR count). The molecule has 3 aromatic rings. The molecule has 0 atom stereocenters. The third-order valence-electron chi connectivity index (χ3n) is 3.28. The Morgan fingerprint density at radius 3 is 2.86 bits per heavy atom. The zero-order valence-electron chi connectivity index (χ0n) is 11.7. The highest BCUT2D eigenvalue weighted by atomic mass is 32.2. The first-order chi connectivity index (χ1) is 10.2. The first kappa shape index (κ1) is 13.9. The number of nitrogen functional groups attached to an aromatic ring is 1. The van der Waals surface area contributed by atoms with Crippen LogP contribution in [0.25, 0.3) is 11.0 Å². The van der Waals surface area contributed by atoms with Gasteiger partial charge in [0.1, 0.15) is 5.52 Å². The summed E-state index contributed by atoms with van der Waals surface area (Å²) in [5.41, 5.74) is 8.67. The van der Waals surface area contributed by atoms with Gasteiger partial charge in [-0.15, -0.1) is 0 Å². The lowest BCUT2D eigenvalue weighted by molar-refractivity contribution is 0.273. The van der Waals surface area contributed by atoms with E-state index in [0.717, 1.165) is 15.6 Å². The van der Waals surface area contributed by atoms with E-state index in [2.05, 4.69) is 29.0 Å². The van der Waals surface area contributed by atoms with E-state index in [1.165, 1.54) is 5.56 Å². The molecule has 108 valence electrons. The van der Waals surface area contributed by atoms with Crippen molar-refractivity contribution in [1.82, 2.24) is 14.5 Å². The number of nitrogens with zero attached hydrogens (tertiary/aromatic N) is 3. The van der Waals surface area contributed by atoms with Crippen molar-refractivity contribution in [3.05, 3.63) is 42.1 Å². The SMILES string of the molecule is Cc1ccccc1Sc1nc2c(N)nccc2n1CCO. The van der Waals surface area contributed by atoms with Gasteiger partial charge in [-0.05, 0) is 24.6 Å². The number of hydrogen-bond acceptors (Lipinski definition) is 5. The van der Waals surface area contributed by atoms with Gasteiger partial charge in [0.2, 0.25) is 0 Å². The maximum atomic E-state index is 9.31. The zero-order valence-corrected chi connectivity index (χ0v) is 12.5. The Labute approximate surface area is 126 Å². The van der Waals surface area contributed by atoms with Crippen molar-refractivity contribution in [2.75, 3.05) is 12.3 Å². The van der Waals surface area contributed by atoms with Crippen LogP contribution in [0.2, 0.25) is 0 Å². The lowest BCUT2D eigenvalue weighted by Crippen LogP contribution is -2.03. The van der Waals surface area contributed by atoms with Gasteiger partial charge in [0.25, 0.3) is 0 Å². The van der Waals surface area contributed by atoms with E-state index in [0.29, 0.717) is 17.9 Å². The summed E-state index contributed by atoms with van der Waals surface area (Å²) < 4.78 is 1.98. The summed E-state index contributed by atoms with van der Waals surface area (Å²) in [4.78, 5) is 9.81. The molecule has 0 saturated heterocycles. The molecule has 0 aliphatic carbocycles. The minimum atomic E-state index is 0.0506. The number of nitrogens with two attached hydrogens (primary N) is 1. The van der Waals surface area contributed by atoms with E-state index in [9.17, 15) is 5.11 Å². The van der Waals surface area contributed by atoms with Crippen molar-refractivity contribution in [2.24, 2.45) is 0 Å². The van der Waals surface area contributed by atoms with Crippen LogP contribution in [0.3, 0.4) is 0 Å². The second-order valence-corrected chi connectivity index (χ2v) is 5.71. The molecule has 3 N–H and O–H groups in total. The Hall–Kier alpha value is -2.05. The van der Waals surface area contributed by atoms with Gasteiger partial charge in [-0.25, -0.2) is 9.97 Å². The Morgan fingerprint density at radius 2 is 2.10 bits per heavy atom. The molecule has 0 saturated carbocycles. The minimum absolute atomic E-state index is 0.0506. The molecule has 6 heteroatoms. The number of aliphatic hydroxyl groups is 1. The lowest BCUT2D eigenvalue weighted by atomic mass is 10.2. The van der Waals surface area contributed by atoms with Crippen LogP contribution in [-0.2, 0) is 6.54 Å². The van der Waals surface area contributed by atoms with E-state index in [4.69, 9.17) is 5.73 Å². The second kappa shape index (κ2) is 5.75. The number of hydrogen-bond donors (Lipinski definition) is 2. The van der Waals surface area contributed by atoms with Gasteiger partial charge >= 0.3 is 0 Å². The van der Waals surface area contributed by atoms with Gasteiger partial charge in [0.15, 0.2) is 11.0 Å². The summed E-state index contributed by atoms with van der Waals surface area (Å²) in [6.07, 6.45) is 1.66. The summed E-state index contributed by atoms with van der Waals surface area (Å²) in [5.74, 6) is 0.413. The van der Waals surface area contributed by atoms with Crippen LogP contribution in [0.5, 0.6) is 0 Å². The Balaban J connectivity index is 2.11. The van der Waals surface area contributed by atoms with Crippen LogP contribution < -0.4 is 5.73 Å². The zero-order chi connectivity index (χ0) is 14.8. The summed E-state index contributed by atoms with van der Waals surface area (Å²) in [7, 11) is 0. The van der Waals surface area contributed by atoms with Gasteiger partial charge in [0, 0.05) is 17.6 Å². The highest BCUT2D eigenvalue weighted by Gasteiger charge is 2.14. The van der Waals surface area contributed by atoms with E-state index in [-0.39, 0.29) is 6.61 Å². The standard InChI is InChI=1S/C15H16N4OS/c1-10-4-2-3-5-12(10)21-15-18-13-11(19(15)8-9-20)6-7-17-14(13)16/h2-7,20H,8-9H2,1H3,(H2,16,17). The fraction of sp³-hybridized carbons (Fsp3) is 0.200. The third-order valence-corrected chi connectivity index (χ3v) is 4.45. The minimum Gasteiger partial charge on any atom is -0.395 e. The summed E-state index contributed by atoms with van der Waals surface area (Å²) in [6.45, 7) is 2.60. The lowest BCUT2D eigenvalue weighted by Gasteiger charge is -2.08. The average Bonchev–Trinajstić information content (AvgIpc) is 2.82. The quantitative estimate of drug-likeness (QED) is 0.774. The third kappa shape index (κ3) is 2.59. The normalized spacial score (nSPS) is 11.1. The molecule has 0 spiro atoms. The van der Waals surface area contributed by atoms with E-state index in [1.807, 2.05) is 22.8 Å². The van der Waals surface area contributed by atoms with Crippen LogP contribution in [0, 0.1) is 6.92 Å². The molecule has 0 unspecified atom stereocenters. The Morgan fingerprint density at radius 1 is 1.29 bits per heavy atom. The maximum Gasteiger partial charge on any atom is 0.174 e. The molecule has 0 aliphatic heterocycles. The van der Waals surface area contributed by atoms with Gasteiger partial charge in [-0.1, -0.05) is 30.0 Å². The first-order valence-corrected chi connectivity index (χ1v) is 7.47. The second-order valence-electron chi connectivity index (χ2n) is 4.70. The van der Waals surface area contributed by atoms with Crippen LogP contribution in [0.15, 0.2) is 46.6 Å². The topological polar surface area (TPSA) is 77.0 Å². The molecule has 0 bridgehead atoms. The number of aromatic nitrogens is 3. The molecule has 0 aliphatic rings. The largest absolute Gasteiger partial charge is 0.395 e. The van der Waals surface area contributed by atoms with E-state index < -0.39 is 0 Å². The Bertz CT molecular complexity index is 784. The van der Waals surface area contributed by atoms with Crippen molar-refractivity contribution in [1.29, 1.82) is 0 Å². The molecular formula is C15H16N4OS. The summed E-state index contributed by atoms with van der Waals surface area (Å²) >= 11 is 1.57. The van der Waals surface area contributed by atoms with Crippen LogP contribution in [-0.4, -0.2) is 26.2 Å². The number of aryl methyl sites for hydroxylation is 1. The smallest absolute Gasteiger partial charge is 0.174 e. The monoisotopic (exact) mass is 300 g/mol. The molecule has 0 fully saturated rings. The van der Waals surface area contributed by atoms with Crippen molar-refractivity contribution < 1.29 is 5.11 Å². The van der Waals surface area contributed by atoms with Crippen molar-refractivity contribution >= 4 is 28.6 Å². The molecular weight excluding hydrogens is 284 g/mol. The van der Waals surface area contributed by atoms with Gasteiger partial charge in [-0.2, -0.15) is 0 Å². The van der Waals surface area contributed by atoms with Crippen molar-refractivity contribution in [3.63, 3.8) is 0 Å². The number of anilines is 1. The number of imidazole rings is 1. The molecule has 2 aromatic heterocycles. The van der Waals surface area contributed by atoms with Gasteiger partial charge in [0.05, 0.1) is 12.1 Å². The number of benzene rings is 1. The van der Waals surface area contributed by atoms with Crippen molar-refractivity contribution in [2.45, 2.75) is 23.5 Å².